The predicted octanol–water partition coefficient (Wildman–Crippen LogP) is 2.19. The van der Waals surface area contributed by atoms with Crippen molar-refractivity contribution in [2.75, 3.05) is 19.7 Å². The number of aromatic nitrogens is 2. The van der Waals surface area contributed by atoms with E-state index in [-0.39, 0.29) is 24.1 Å². The van der Waals surface area contributed by atoms with Crippen LogP contribution in [-0.4, -0.2) is 45.2 Å². The molecule has 126 valence electrons. The van der Waals surface area contributed by atoms with Crippen molar-refractivity contribution in [2.24, 2.45) is 0 Å². The van der Waals surface area contributed by atoms with Crippen LogP contribution in [0.25, 0.3) is 10.2 Å². The molecule has 2 heterocycles. The van der Waals surface area contributed by atoms with Crippen LogP contribution in [0.15, 0.2) is 11.1 Å². The highest BCUT2D eigenvalue weighted by atomic mass is 32.1. The second-order valence-corrected chi connectivity index (χ2v) is 6.41. The summed E-state index contributed by atoms with van der Waals surface area (Å²) in [7, 11) is 0. The van der Waals surface area contributed by atoms with Crippen molar-refractivity contribution >= 4 is 27.5 Å². The zero-order chi connectivity index (χ0) is 17.1. The van der Waals surface area contributed by atoms with Crippen molar-refractivity contribution in [1.29, 1.82) is 0 Å². The summed E-state index contributed by atoms with van der Waals surface area (Å²) in [6, 6.07) is -0.291. The zero-order valence-electron chi connectivity index (χ0n) is 14.0. The number of aliphatic hydroxyl groups is 1. The van der Waals surface area contributed by atoms with Crippen molar-refractivity contribution in [3.63, 3.8) is 0 Å². The first kappa shape index (κ1) is 17.6. The minimum atomic E-state index is -0.291. The van der Waals surface area contributed by atoms with Crippen LogP contribution in [0, 0.1) is 6.92 Å². The Bertz CT molecular complexity index is 758. The van der Waals surface area contributed by atoms with Crippen molar-refractivity contribution in [3.05, 3.63) is 27.1 Å². The molecule has 2 aromatic rings. The highest BCUT2D eigenvalue weighted by Gasteiger charge is 2.23. The normalized spacial score (nSPS) is 12.6. The molecule has 0 radical (unpaired) electrons. The number of nitrogens with zero attached hydrogens (tertiary/aromatic N) is 3. The molecular formula is C16H23N3O3S. The Morgan fingerprint density at radius 2 is 2.04 bits per heavy atom. The van der Waals surface area contributed by atoms with E-state index in [9.17, 15) is 14.7 Å². The SMILES string of the molecule is CCC(CO)n1cnc2sc(C(=O)N(CC)CC)c(C)c2c1=O. The minimum Gasteiger partial charge on any atom is -0.394 e. The van der Waals surface area contributed by atoms with Gasteiger partial charge in [0.2, 0.25) is 0 Å². The lowest BCUT2D eigenvalue weighted by molar-refractivity contribution is 0.0777. The van der Waals surface area contributed by atoms with Gasteiger partial charge in [-0.3, -0.25) is 14.2 Å². The van der Waals surface area contributed by atoms with Gasteiger partial charge in [0.05, 0.1) is 29.2 Å². The molecule has 23 heavy (non-hydrogen) atoms. The lowest BCUT2D eigenvalue weighted by Crippen LogP contribution is -2.30. The summed E-state index contributed by atoms with van der Waals surface area (Å²) < 4.78 is 1.47. The topological polar surface area (TPSA) is 75.4 Å². The Kier molecular flexibility index (Phi) is 5.54. The lowest BCUT2D eigenvalue weighted by atomic mass is 10.2. The number of hydrogen-bond acceptors (Lipinski definition) is 5. The van der Waals surface area contributed by atoms with Gasteiger partial charge in [0.25, 0.3) is 11.5 Å². The van der Waals surface area contributed by atoms with Crippen molar-refractivity contribution in [3.8, 4) is 0 Å². The largest absolute Gasteiger partial charge is 0.394 e. The molecule has 6 nitrogen and oxygen atoms in total. The standard InChI is InChI=1S/C16H23N3O3S/c1-5-11(8-20)19-9-17-14-12(15(19)21)10(4)13(23-14)16(22)18(6-2)7-3/h9,11,20H,5-8H2,1-4H3. The molecule has 0 spiro atoms. The Morgan fingerprint density at radius 1 is 1.39 bits per heavy atom. The Balaban J connectivity index is 2.61. The Morgan fingerprint density at radius 3 is 2.57 bits per heavy atom. The molecule has 0 aliphatic rings. The van der Waals surface area contributed by atoms with Gasteiger partial charge in [0.1, 0.15) is 4.83 Å². The van der Waals surface area contributed by atoms with E-state index in [2.05, 4.69) is 4.98 Å². The van der Waals surface area contributed by atoms with E-state index >= 15 is 0 Å². The molecule has 1 atom stereocenters. The summed E-state index contributed by atoms with van der Waals surface area (Å²) in [6.45, 7) is 8.71. The number of carbonyl (C=O) groups is 1. The third-order valence-corrected chi connectivity index (χ3v) is 5.38. The molecule has 1 unspecified atom stereocenters. The third-order valence-electron chi connectivity index (χ3n) is 4.20. The maximum absolute atomic E-state index is 12.7. The molecule has 0 saturated heterocycles. The van der Waals surface area contributed by atoms with Crippen LogP contribution in [0.5, 0.6) is 0 Å². The average molecular weight is 337 g/mol. The number of carbonyl (C=O) groups excluding carboxylic acids is 1. The summed E-state index contributed by atoms with van der Waals surface area (Å²) in [5.74, 6) is -0.0596. The van der Waals surface area contributed by atoms with Crippen molar-refractivity contribution in [1.82, 2.24) is 14.5 Å². The summed E-state index contributed by atoms with van der Waals surface area (Å²) in [5.41, 5.74) is 0.491. The molecule has 0 fully saturated rings. The van der Waals surface area contributed by atoms with E-state index in [1.165, 1.54) is 22.2 Å². The maximum atomic E-state index is 12.7. The van der Waals surface area contributed by atoms with Crippen LogP contribution in [0.1, 0.15) is 48.5 Å². The molecule has 1 N–H and O–H groups in total. The Hall–Kier alpha value is -1.73. The van der Waals surface area contributed by atoms with Gasteiger partial charge >= 0.3 is 0 Å². The number of rotatable bonds is 6. The number of hydrogen-bond donors (Lipinski definition) is 1. The fraction of sp³-hybridized carbons (Fsp3) is 0.562. The summed E-state index contributed by atoms with van der Waals surface area (Å²) in [4.78, 5) is 32.6. The smallest absolute Gasteiger partial charge is 0.264 e. The molecule has 0 aliphatic heterocycles. The van der Waals surface area contributed by atoms with Gasteiger partial charge in [-0.2, -0.15) is 0 Å². The van der Waals surface area contributed by atoms with Crippen LogP contribution < -0.4 is 5.56 Å². The van der Waals surface area contributed by atoms with Crippen LogP contribution in [0.2, 0.25) is 0 Å². The fourth-order valence-electron chi connectivity index (χ4n) is 2.67. The third kappa shape index (κ3) is 3.03. The second-order valence-electron chi connectivity index (χ2n) is 5.42. The number of amides is 1. The van der Waals surface area contributed by atoms with E-state index in [1.807, 2.05) is 20.8 Å². The molecule has 0 saturated carbocycles. The first-order chi connectivity index (χ1) is 11.0. The van der Waals surface area contributed by atoms with Gasteiger partial charge in [-0.15, -0.1) is 11.3 Å². The number of aryl methyl sites for hydroxylation is 1. The van der Waals surface area contributed by atoms with E-state index in [4.69, 9.17) is 0 Å². The van der Waals surface area contributed by atoms with E-state index in [0.29, 0.717) is 40.2 Å². The molecule has 1 amide bonds. The summed E-state index contributed by atoms with van der Waals surface area (Å²) in [6.07, 6.45) is 2.11. The molecule has 0 aliphatic carbocycles. The monoisotopic (exact) mass is 337 g/mol. The van der Waals surface area contributed by atoms with Crippen LogP contribution in [-0.2, 0) is 0 Å². The highest BCUT2D eigenvalue weighted by Crippen LogP contribution is 2.28. The molecule has 2 rings (SSSR count). The summed E-state index contributed by atoms with van der Waals surface area (Å²) in [5, 5.41) is 9.92. The number of aliphatic hydroxyl groups excluding tert-OH is 1. The van der Waals surface area contributed by atoms with Crippen LogP contribution in [0.3, 0.4) is 0 Å². The fourth-order valence-corrected chi connectivity index (χ4v) is 3.78. The second kappa shape index (κ2) is 7.23. The predicted molar refractivity (Wildman–Crippen MR) is 92.3 cm³/mol. The van der Waals surface area contributed by atoms with Crippen LogP contribution in [0.4, 0.5) is 0 Å². The van der Waals surface area contributed by atoms with Gasteiger partial charge in [-0.1, -0.05) is 6.92 Å². The zero-order valence-corrected chi connectivity index (χ0v) is 14.8. The van der Waals surface area contributed by atoms with Gasteiger partial charge in [0, 0.05) is 13.1 Å². The van der Waals surface area contributed by atoms with E-state index in [0.717, 1.165) is 0 Å². The maximum Gasteiger partial charge on any atom is 0.264 e. The van der Waals surface area contributed by atoms with E-state index in [1.54, 1.807) is 11.8 Å². The van der Waals surface area contributed by atoms with Crippen LogP contribution >= 0.6 is 11.3 Å². The molecule has 7 heteroatoms. The molecular weight excluding hydrogens is 314 g/mol. The number of fused-ring (bicyclic) bond motifs is 1. The van der Waals surface area contributed by atoms with Gasteiger partial charge in [-0.25, -0.2) is 4.98 Å². The molecule has 0 aromatic carbocycles. The van der Waals surface area contributed by atoms with Crippen molar-refractivity contribution < 1.29 is 9.90 Å². The number of thiophene rings is 1. The van der Waals surface area contributed by atoms with Gasteiger partial charge in [0.15, 0.2) is 0 Å². The Labute approximate surface area is 139 Å². The van der Waals surface area contributed by atoms with Gasteiger partial charge < -0.3 is 10.0 Å². The molecule has 2 aromatic heterocycles. The average Bonchev–Trinajstić information content (AvgIpc) is 2.89. The molecule has 0 bridgehead atoms. The first-order valence-corrected chi connectivity index (χ1v) is 8.71. The summed E-state index contributed by atoms with van der Waals surface area (Å²) >= 11 is 1.26. The quantitative estimate of drug-likeness (QED) is 0.877. The van der Waals surface area contributed by atoms with Crippen molar-refractivity contribution in [2.45, 2.75) is 40.2 Å². The minimum absolute atomic E-state index is 0.0596. The van der Waals surface area contributed by atoms with Gasteiger partial charge in [-0.05, 0) is 32.8 Å². The lowest BCUT2D eigenvalue weighted by Gasteiger charge is -2.17. The first-order valence-electron chi connectivity index (χ1n) is 7.90. The van der Waals surface area contributed by atoms with E-state index < -0.39 is 0 Å². The highest BCUT2D eigenvalue weighted by molar-refractivity contribution is 7.20.